The molecule has 0 saturated carbocycles. The van der Waals surface area contributed by atoms with E-state index in [0.717, 1.165) is 43.5 Å². The molecule has 1 aromatic carbocycles. The van der Waals surface area contributed by atoms with Crippen molar-refractivity contribution in [1.82, 2.24) is 20.1 Å². The number of carbonyl (C=O) groups excluding carboxylic acids is 1. The summed E-state index contributed by atoms with van der Waals surface area (Å²) in [6.07, 6.45) is -0.787. The number of carbonyl (C=O) groups is 1. The van der Waals surface area contributed by atoms with Gasteiger partial charge in [0.1, 0.15) is 17.1 Å². The van der Waals surface area contributed by atoms with E-state index in [2.05, 4.69) is 20.7 Å². The van der Waals surface area contributed by atoms with Gasteiger partial charge in [-0.05, 0) is 44.1 Å². The van der Waals surface area contributed by atoms with E-state index in [0.29, 0.717) is 17.0 Å². The van der Waals surface area contributed by atoms with Crippen molar-refractivity contribution in [2.24, 2.45) is 0 Å². The van der Waals surface area contributed by atoms with Crippen LogP contribution < -0.4 is 15.4 Å². The van der Waals surface area contributed by atoms with Gasteiger partial charge in [0.05, 0.1) is 24.4 Å². The molecule has 0 radical (unpaired) electrons. The van der Waals surface area contributed by atoms with E-state index in [1.54, 1.807) is 12.1 Å². The van der Waals surface area contributed by atoms with Gasteiger partial charge in [0.25, 0.3) is 5.91 Å². The summed E-state index contributed by atoms with van der Waals surface area (Å²) in [5.41, 5.74) is -0.419. The zero-order valence-corrected chi connectivity index (χ0v) is 17.4. The fourth-order valence-electron chi connectivity index (χ4n) is 3.50. The molecule has 11 heteroatoms. The number of fused-ring (bicyclic) bond motifs is 1. The van der Waals surface area contributed by atoms with Gasteiger partial charge in [-0.3, -0.25) is 9.48 Å². The predicted molar refractivity (Wildman–Crippen MR) is 112 cm³/mol. The van der Waals surface area contributed by atoms with Crippen molar-refractivity contribution in [3.8, 4) is 5.75 Å². The molecule has 1 aliphatic rings. The minimum absolute atomic E-state index is 0. The third-order valence-corrected chi connectivity index (χ3v) is 5.05. The van der Waals surface area contributed by atoms with Crippen LogP contribution in [0.1, 0.15) is 35.1 Å². The molecule has 1 amide bonds. The van der Waals surface area contributed by atoms with Crippen LogP contribution in [0.3, 0.4) is 0 Å². The lowest BCUT2D eigenvalue weighted by molar-refractivity contribution is -0.141. The molecule has 2 N–H and O–H groups in total. The standard InChI is InChI=1S/C20H20F3N5O2.ClH/c1-30-17-10-15-12(11-28(27-15)13-5-7-24-8-6-13)9-16(17)26-19(29)14-3-2-4-18(25-14)20(21,22)23;/h2-4,9-11,13,24H,5-8H2,1H3,(H,26,29);1H. The lowest BCUT2D eigenvalue weighted by Gasteiger charge is -2.22. The Hall–Kier alpha value is -2.85. The number of nitrogens with zero attached hydrogens (tertiary/aromatic N) is 3. The average Bonchev–Trinajstić information content (AvgIpc) is 3.16. The topological polar surface area (TPSA) is 81.1 Å². The fourth-order valence-corrected chi connectivity index (χ4v) is 3.50. The molecule has 31 heavy (non-hydrogen) atoms. The maximum Gasteiger partial charge on any atom is 0.433 e. The van der Waals surface area contributed by atoms with Gasteiger partial charge in [-0.2, -0.15) is 18.3 Å². The molecule has 0 bridgehead atoms. The minimum Gasteiger partial charge on any atom is -0.494 e. The molecule has 4 rings (SSSR count). The Morgan fingerprint density at radius 1 is 1.26 bits per heavy atom. The monoisotopic (exact) mass is 455 g/mol. The van der Waals surface area contributed by atoms with Crippen molar-refractivity contribution in [3.05, 3.63) is 47.9 Å². The molecule has 1 fully saturated rings. The van der Waals surface area contributed by atoms with Crippen LogP contribution >= 0.6 is 12.4 Å². The highest BCUT2D eigenvalue weighted by Crippen LogP contribution is 2.32. The van der Waals surface area contributed by atoms with E-state index in [1.165, 1.54) is 13.2 Å². The number of amides is 1. The number of ether oxygens (including phenoxy) is 1. The molecule has 1 aliphatic heterocycles. The number of hydrogen-bond acceptors (Lipinski definition) is 5. The van der Waals surface area contributed by atoms with Crippen LogP contribution in [0.2, 0.25) is 0 Å². The maximum atomic E-state index is 12.9. The second-order valence-corrected chi connectivity index (χ2v) is 7.06. The number of aromatic nitrogens is 3. The second kappa shape index (κ2) is 9.11. The third-order valence-electron chi connectivity index (χ3n) is 5.05. The summed E-state index contributed by atoms with van der Waals surface area (Å²) in [6.45, 7) is 1.85. The Labute approximate surface area is 182 Å². The van der Waals surface area contributed by atoms with Crippen molar-refractivity contribution < 1.29 is 22.7 Å². The number of benzene rings is 1. The summed E-state index contributed by atoms with van der Waals surface area (Å²) >= 11 is 0. The normalized spacial score (nSPS) is 14.8. The van der Waals surface area contributed by atoms with Crippen LogP contribution in [0.25, 0.3) is 10.9 Å². The van der Waals surface area contributed by atoms with Crippen molar-refractivity contribution >= 4 is 34.9 Å². The quantitative estimate of drug-likeness (QED) is 0.620. The predicted octanol–water partition coefficient (Wildman–Crippen LogP) is 4.06. The first-order valence-corrected chi connectivity index (χ1v) is 9.48. The van der Waals surface area contributed by atoms with E-state index in [4.69, 9.17) is 4.74 Å². The van der Waals surface area contributed by atoms with E-state index in [9.17, 15) is 18.0 Å². The number of alkyl halides is 3. The van der Waals surface area contributed by atoms with E-state index in [1.807, 2.05) is 10.9 Å². The molecule has 2 aromatic heterocycles. The molecule has 0 unspecified atom stereocenters. The highest BCUT2D eigenvalue weighted by Gasteiger charge is 2.33. The number of rotatable bonds is 4. The first-order valence-electron chi connectivity index (χ1n) is 9.48. The first kappa shape index (κ1) is 22.8. The summed E-state index contributed by atoms with van der Waals surface area (Å²) in [4.78, 5) is 15.9. The maximum absolute atomic E-state index is 12.9. The third kappa shape index (κ3) is 4.91. The van der Waals surface area contributed by atoms with Gasteiger partial charge < -0.3 is 15.4 Å². The highest BCUT2D eigenvalue weighted by atomic mass is 35.5. The summed E-state index contributed by atoms with van der Waals surface area (Å²) in [7, 11) is 1.45. The van der Waals surface area contributed by atoms with Crippen LogP contribution in [-0.2, 0) is 6.18 Å². The van der Waals surface area contributed by atoms with E-state index < -0.39 is 17.8 Å². The molecule has 0 aliphatic carbocycles. The van der Waals surface area contributed by atoms with Gasteiger partial charge in [-0.15, -0.1) is 12.4 Å². The number of piperidine rings is 1. The van der Waals surface area contributed by atoms with E-state index in [-0.39, 0.29) is 24.1 Å². The van der Waals surface area contributed by atoms with Gasteiger partial charge >= 0.3 is 6.18 Å². The number of halogens is 4. The number of hydrogen-bond donors (Lipinski definition) is 2. The Morgan fingerprint density at radius 2 is 2.00 bits per heavy atom. The van der Waals surface area contributed by atoms with E-state index >= 15 is 0 Å². The summed E-state index contributed by atoms with van der Waals surface area (Å²) in [5.74, 6) is -0.400. The Kier molecular flexibility index (Phi) is 6.71. The van der Waals surface area contributed by atoms with Gasteiger partial charge in [-0.1, -0.05) is 6.07 Å². The summed E-state index contributed by atoms with van der Waals surface area (Å²) in [6, 6.07) is 6.88. The number of anilines is 1. The Morgan fingerprint density at radius 3 is 2.68 bits per heavy atom. The smallest absolute Gasteiger partial charge is 0.433 e. The molecule has 0 spiro atoms. The molecule has 1 saturated heterocycles. The molecular weight excluding hydrogens is 435 g/mol. The van der Waals surface area contributed by atoms with Crippen molar-refractivity contribution in [3.63, 3.8) is 0 Å². The SMILES string of the molecule is COc1cc2nn(C3CCNCC3)cc2cc1NC(=O)c1cccc(C(F)(F)F)n1.Cl. The molecule has 3 heterocycles. The van der Waals surface area contributed by atoms with Gasteiger partial charge in [-0.25, -0.2) is 4.98 Å². The largest absolute Gasteiger partial charge is 0.494 e. The zero-order valence-electron chi connectivity index (χ0n) is 16.6. The van der Waals surface area contributed by atoms with Crippen molar-refractivity contribution in [1.29, 1.82) is 0 Å². The summed E-state index contributed by atoms with van der Waals surface area (Å²) in [5, 5.41) is 11.3. The molecule has 3 aromatic rings. The second-order valence-electron chi connectivity index (χ2n) is 7.06. The Balaban J connectivity index is 0.00000272. The number of pyridine rings is 1. The zero-order chi connectivity index (χ0) is 21.3. The van der Waals surface area contributed by atoms with Crippen LogP contribution in [0.5, 0.6) is 5.75 Å². The van der Waals surface area contributed by atoms with Gasteiger partial charge in [0, 0.05) is 17.6 Å². The lowest BCUT2D eigenvalue weighted by atomic mass is 10.1. The fraction of sp³-hybridized carbons (Fsp3) is 0.350. The van der Waals surface area contributed by atoms with Crippen LogP contribution in [0, 0.1) is 0 Å². The molecule has 0 atom stereocenters. The molecular formula is C20H21ClF3N5O2. The highest BCUT2D eigenvalue weighted by molar-refractivity contribution is 6.05. The van der Waals surface area contributed by atoms with Gasteiger partial charge in [0.15, 0.2) is 0 Å². The van der Waals surface area contributed by atoms with Crippen molar-refractivity contribution in [2.75, 3.05) is 25.5 Å². The summed E-state index contributed by atoms with van der Waals surface area (Å²) < 4.78 is 45.9. The number of methoxy groups -OCH3 is 1. The van der Waals surface area contributed by atoms with Gasteiger partial charge in [0.2, 0.25) is 0 Å². The Bertz CT molecular complexity index is 1080. The van der Waals surface area contributed by atoms with Crippen LogP contribution in [-0.4, -0.2) is 40.9 Å². The molecule has 166 valence electrons. The minimum atomic E-state index is -4.63. The van der Waals surface area contributed by atoms with Crippen molar-refractivity contribution in [2.45, 2.75) is 25.1 Å². The first-order chi connectivity index (χ1) is 14.3. The van der Waals surface area contributed by atoms with Crippen LogP contribution in [0.15, 0.2) is 36.5 Å². The average molecular weight is 456 g/mol. The molecule has 7 nitrogen and oxygen atoms in total. The van der Waals surface area contributed by atoms with Crippen LogP contribution in [0.4, 0.5) is 18.9 Å². The number of nitrogens with one attached hydrogen (secondary N) is 2. The lowest BCUT2D eigenvalue weighted by Crippen LogP contribution is -2.29.